The Morgan fingerprint density at radius 3 is 2.71 bits per heavy atom. The molecule has 0 unspecified atom stereocenters. The molecule has 0 aliphatic rings. The van der Waals surface area contributed by atoms with Gasteiger partial charge in [0.25, 0.3) is 5.91 Å². The Morgan fingerprint density at radius 2 is 2.18 bits per heavy atom. The summed E-state index contributed by atoms with van der Waals surface area (Å²) in [6.07, 6.45) is 0. The molecule has 0 saturated carbocycles. The summed E-state index contributed by atoms with van der Waals surface area (Å²) in [5.41, 5.74) is 0.837. The molecule has 1 amide bonds. The first-order valence-corrected chi connectivity index (χ1v) is 5.41. The van der Waals surface area contributed by atoms with E-state index in [1.807, 2.05) is 6.07 Å². The second-order valence-corrected chi connectivity index (χ2v) is 4.17. The van der Waals surface area contributed by atoms with Crippen LogP contribution in [0.5, 0.6) is 0 Å². The summed E-state index contributed by atoms with van der Waals surface area (Å²) in [4.78, 5) is 13.4. The molecule has 0 aromatic heterocycles. The molecular formula is C13H15FN2O. The van der Waals surface area contributed by atoms with Crippen LogP contribution in [-0.2, 0) is 0 Å². The minimum atomic E-state index is -0.552. The SMILES string of the molecule is Cc1ccc(F)c(C(=O)N(CC#N)C(C)C)c1. The minimum absolute atomic E-state index is 0.0222. The van der Waals surface area contributed by atoms with Crippen LogP contribution in [0.3, 0.4) is 0 Å². The summed E-state index contributed by atoms with van der Waals surface area (Å²) in [7, 11) is 0. The molecule has 0 aliphatic carbocycles. The molecule has 1 aromatic rings. The van der Waals surface area contributed by atoms with Gasteiger partial charge in [0.2, 0.25) is 0 Å². The predicted octanol–water partition coefficient (Wildman–Crippen LogP) is 2.51. The van der Waals surface area contributed by atoms with Crippen LogP contribution >= 0.6 is 0 Å². The molecule has 4 heteroatoms. The van der Waals surface area contributed by atoms with E-state index in [-0.39, 0.29) is 18.2 Å². The summed E-state index contributed by atoms with van der Waals surface area (Å²) >= 11 is 0. The van der Waals surface area contributed by atoms with E-state index < -0.39 is 11.7 Å². The van der Waals surface area contributed by atoms with E-state index in [9.17, 15) is 9.18 Å². The number of hydrogen-bond donors (Lipinski definition) is 0. The average molecular weight is 234 g/mol. The van der Waals surface area contributed by atoms with E-state index in [4.69, 9.17) is 5.26 Å². The van der Waals surface area contributed by atoms with Crippen molar-refractivity contribution in [3.05, 3.63) is 35.1 Å². The Morgan fingerprint density at radius 1 is 1.53 bits per heavy atom. The summed E-state index contributed by atoms with van der Waals surface area (Å²) in [5.74, 6) is -0.994. The van der Waals surface area contributed by atoms with Gasteiger partial charge in [-0.05, 0) is 32.9 Å². The van der Waals surface area contributed by atoms with Crippen LogP contribution < -0.4 is 0 Å². The lowest BCUT2D eigenvalue weighted by molar-refractivity contribution is 0.0726. The van der Waals surface area contributed by atoms with E-state index in [1.165, 1.54) is 17.0 Å². The summed E-state index contributed by atoms with van der Waals surface area (Å²) in [6, 6.07) is 6.16. The summed E-state index contributed by atoms with van der Waals surface area (Å²) in [6.45, 7) is 5.34. The number of nitrogens with zero attached hydrogens (tertiary/aromatic N) is 2. The summed E-state index contributed by atoms with van der Waals surface area (Å²) < 4.78 is 13.6. The monoisotopic (exact) mass is 234 g/mol. The maximum Gasteiger partial charge on any atom is 0.257 e. The van der Waals surface area contributed by atoms with E-state index in [0.717, 1.165) is 5.56 Å². The zero-order valence-electron chi connectivity index (χ0n) is 10.2. The maximum absolute atomic E-state index is 13.6. The molecule has 1 aromatic carbocycles. The van der Waals surface area contributed by atoms with Gasteiger partial charge < -0.3 is 4.90 Å². The molecule has 0 spiro atoms. The van der Waals surface area contributed by atoms with E-state index >= 15 is 0 Å². The molecule has 0 fully saturated rings. The first-order chi connectivity index (χ1) is 7.97. The number of hydrogen-bond acceptors (Lipinski definition) is 2. The lowest BCUT2D eigenvalue weighted by Crippen LogP contribution is -2.37. The van der Waals surface area contributed by atoms with Crippen molar-refractivity contribution in [2.45, 2.75) is 26.8 Å². The third-order valence-electron chi connectivity index (χ3n) is 2.48. The van der Waals surface area contributed by atoms with Gasteiger partial charge in [0.15, 0.2) is 0 Å². The Bertz CT molecular complexity index is 463. The number of amides is 1. The fraction of sp³-hybridized carbons (Fsp3) is 0.385. The molecule has 0 aliphatic heterocycles. The zero-order chi connectivity index (χ0) is 13.0. The van der Waals surface area contributed by atoms with Gasteiger partial charge in [-0.15, -0.1) is 0 Å². The predicted molar refractivity (Wildman–Crippen MR) is 62.9 cm³/mol. The minimum Gasteiger partial charge on any atom is -0.323 e. The first kappa shape index (κ1) is 13.2. The van der Waals surface area contributed by atoms with Crippen molar-refractivity contribution in [1.82, 2.24) is 4.90 Å². The van der Waals surface area contributed by atoms with Gasteiger partial charge >= 0.3 is 0 Å². The Kier molecular flexibility index (Phi) is 4.22. The third-order valence-corrected chi connectivity index (χ3v) is 2.48. The van der Waals surface area contributed by atoms with Crippen LogP contribution in [0.1, 0.15) is 29.8 Å². The number of carbonyl (C=O) groups excluding carboxylic acids is 1. The highest BCUT2D eigenvalue weighted by Crippen LogP contribution is 2.14. The van der Waals surface area contributed by atoms with Crippen LogP contribution in [0.4, 0.5) is 4.39 Å². The van der Waals surface area contributed by atoms with Gasteiger partial charge in [0, 0.05) is 6.04 Å². The Labute approximate surface area is 100 Å². The van der Waals surface area contributed by atoms with Crippen LogP contribution in [0.15, 0.2) is 18.2 Å². The van der Waals surface area contributed by atoms with E-state index in [2.05, 4.69) is 0 Å². The van der Waals surface area contributed by atoms with Crippen LogP contribution in [0, 0.1) is 24.1 Å². The topological polar surface area (TPSA) is 44.1 Å². The van der Waals surface area contributed by atoms with Gasteiger partial charge in [-0.3, -0.25) is 4.79 Å². The molecule has 0 bridgehead atoms. The fourth-order valence-corrected chi connectivity index (χ4v) is 1.52. The van der Waals surface area contributed by atoms with E-state index in [0.29, 0.717) is 0 Å². The zero-order valence-corrected chi connectivity index (χ0v) is 10.2. The smallest absolute Gasteiger partial charge is 0.257 e. The van der Waals surface area contributed by atoms with Crippen molar-refractivity contribution in [3.8, 4) is 6.07 Å². The standard InChI is InChI=1S/C13H15FN2O/c1-9(2)16(7-6-15)13(17)11-8-10(3)4-5-12(11)14/h4-5,8-9H,7H2,1-3H3. The average Bonchev–Trinajstić information content (AvgIpc) is 2.28. The normalized spacial score (nSPS) is 10.1. The van der Waals surface area contributed by atoms with Crippen LogP contribution in [0.2, 0.25) is 0 Å². The molecule has 0 N–H and O–H groups in total. The van der Waals surface area contributed by atoms with Gasteiger partial charge in [-0.2, -0.15) is 5.26 Å². The molecule has 1 rings (SSSR count). The highest BCUT2D eigenvalue weighted by molar-refractivity contribution is 5.95. The number of nitriles is 1. The highest BCUT2D eigenvalue weighted by atomic mass is 19.1. The first-order valence-electron chi connectivity index (χ1n) is 5.41. The lowest BCUT2D eigenvalue weighted by Gasteiger charge is -2.24. The third kappa shape index (κ3) is 3.04. The number of halogens is 1. The number of carbonyl (C=O) groups is 1. The van der Waals surface area contributed by atoms with Crippen molar-refractivity contribution in [2.75, 3.05) is 6.54 Å². The van der Waals surface area contributed by atoms with E-state index in [1.54, 1.807) is 26.8 Å². The van der Waals surface area contributed by atoms with Gasteiger partial charge in [0.1, 0.15) is 12.4 Å². The second-order valence-electron chi connectivity index (χ2n) is 4.17. The fourth-order valence-electron chi connectivity index (χ4n) is 1.52. The van der Waals surface area contributed by atoms with Gasteiger partial charge in [0.05, 0.1) is 11.6 Å². The lowest BCUT2D eigenvalue weighted by atomic mass is 10.1. The Balaban J connectivity index is 3.10. The molecule has 3 nitrogen and oxygen atoms in total. The number of aryl methyl sites for hydroxylation is 1. The van der Waals surface area contributed by atoms with Crippen molar-refractivity contribution in [3.63, 3.8) is 0 Å². The van der Waals surface area contributed by atoms with Crippen molar-refractivity contribution < 1.29 is 9.18 Å². The largest absolute Gasteiger partial charge is 0.323 e. The summed E-state index contributed by atoms with van der Waals surface area (Å²) in [5, 5.41) is 8.67. The quantitative estimate of drug-likeness (QED) is 0.754. The molecule has 0 atom stereocenters. The van der Waals surface area contributed by atoms with Crippen LogP contribution in [0.25, 0.3) is 0 Å². The highest BCUT2D eigenvalue weighted by Gasteiger charge is 2.21. The van der Waals surface area contributed by atoms with Crippen molar-refractivity contribution in [2.24, 2.45) is 0 Å². The van der Waals surface area contributed by atoms with Crippen molar-refractivity contribution in [1.29, 1.82) is 5.26 Å². The molecule has 0 saturated heterocycles. The number of benzene rings is 1. The number of rotatable bonds is 3. The maximum atomic E-state index is 13.6. The van der Waals surface area contributed by atoms with Gasteiger partial charge in [-0.1, -0.05) is 11.6 Å². The molecule has 17 heavy (non-hydrogen) atoms. The molecule has 0 radical (unpaired) electrons. The molecule has 0 heterocycles. The van der Waals surface area contributed by atoms with Gasteiger partial charge in [-0.25, -0.2) is 4.39 Å². The second kappa shape index (κ2) is 5.44. The van der Waals surface area contributed by atoms with Crippen LogP contribution in [-0.4, -0.2) is 23.4 Å². The Hall–Kier alpha value is -1.89. The molecular weight excluding hydrogens is 219 g/mol. The molecule has 90 valence electrons. The van der Waals surface area contributed by atoms with Crippen molar-refractivity contribution >= 4 is 5.91 Å².